The predicted molar refractivity (Wildman–Crippen MR) is 85.2 cm³/mol. The maximum atomic E-state index is 6.15. The van der Waals surface area contributed by atoms with Crippen LogP contribution in [0.2, 0.25) is 0 Å². The third-order valence-electron chi connectivity index (χ3n) is 4.57. The lowest BCUT2D eigenvalue weighted by molar-refractivity contribution is 0.0787. The maximum Gasteiger partial charge on any atom is 0.0951 e. The maximum absolute atomic E-state index is 6.15. The lowest BCUT2D eigenvalue weighted by atomic mass is 10.0. The Bertz CT molecular complexity index is 412. The van der Waals surface area contributed by atoms with E-state index in [1.165, 1.54) is 18.5 Å². The number of hydrogen-bond donors (Lipinski definition) is 1. The highest BCUT2D eigenvalue weighted by molar-refractivity contribution is 5.10. The molecule has 0 bridgehead atoms. The predicted octanol–water partition coefficient (Wildman–Crippen LogP) is 2.35. The summed E-state index contributed by atoms with van der Waals surface area (Å²) >= 11 is 0. The fourth-order valence-corrected chi connectivity index (χ4v) is 3.20. The van der Waals surface area contributed by atoms with Crippen molar-refractivity contribution in [3.63, 3.8) is 0 Å². The molecular weight excluding hydrogens is 264 g/mol. The van der Waals surface area contributed by atoms with E-state index >= 15 is 0 Å². The van der Waals surface area contributed by atoms with Gasteiger partial charge in [-0.05, 0) is 25.7 Å². The number of aromatic nitrogens is 2. The highest BCUT2D eigenvalue weighted by Gasteiger charge is 2.31. The fourth-order valence-electron chi connectivity index (χ4n) is 3.20. The van der Waals surface area contributed by atoms with Crippen LogP contribution >= 0.6 is 0 Å². The molecule has 0 amide bonds. The van der Waals surface area contributed by atoms with E-state index in [1.54, 1.807) is 7.11 Å². The van der Waals surface area contributed by atoms with E-state index in [4.69, 9.17) is 10.5 Å². The lowest BCUT2D eigenvalue weighted by Gasteiger charge is -2.37. The zero-order valence-corrected chi connectivity index (χ0v) is 13.7. The zero-order valence-electron chi connectivity index (χ0n) is 13.7. The Morgan fingerprint density at radius 1 is 1.43 bits per heavy atom. The van der Waals surface area contributed by atoms with Gasteiger partial charge >= 0.3 is 0 Å². The minimum atomic E-state index is 0.230. The minimum absolute atomic E-state index is 0.230. The van der Waals surface area contributed by atoms with Crippen LogP contribution in [-0.2, 0) is 4.74 Å². The first-order chi connectivity index (χ1) is 10.3. The van der Waals surface area contributed by atoms with Gasteiger partial charge in [0.05, 0.1) is 24.7 Å². The highest BCUT2D eigenvalue weighted by Crippen LogP contribution is 2.38. The van der Waals surface area contributed by atoms with Crippen molar-refractivity contribution in [3.8, 4) is 0 Å². The molecule has 1 aliphatic rings. The molecule has 2 N–H and O–H groups in total. The van der Waals surface area contributed by atoms with E-state index in [0.717, 1.165) is 26.0 Å². The Balaban J connectivity index is 2.22. The highest BCUT2D eigenvalue weighted by atomic mass is 16.5. The molecule has 0 aliphatic heterocycles. The molecule has 1 aromatic rings. The van der Waals surface area contributed by atoms with Gasteiger partial charge in [-0.15, -0.1) is 0 Å². The molecule has 1 unspecified atom stereocenters. The molecule has 1 atom stereocenters. The fraction of sp³-hybridized carbons (Fsp3) is 0.812. The first-order valence-electron chi connectivity index (χ1n) is 8.23. The van der Waals surface area contributed by atoms with Crippen LogP contribution in [0.1, 0.15) is 57.3 Å². The Kier molecular flexibility index (Phi) is 6.21. The lowest BCUT2D eigenvalue weighted by Crippen LogP contribution is -2.43. The average Bonchev–Trinajstić information content (AvgIpc) is 3.24. The second-order valence-corrected chi connectivity index (χ2v) is 5.91. The molecule has 1 saturated carbocycles. The molecule has 5 nitrogen and oxygen atoms in total. The molecule has 2 rings (SSSR count). The summed E-state index contributed by atoms with van der Waals surface area (Å²) in [6.07, 6.45) is 8.77. The van der Waals surface area contributed by atoms with Gasteiger partial charge in [-0.25, -0.2) is 4.98 Å². The summed E-state index contributed by atoms with van der Waals surface area (Å²) in [6, 6.07) is 1.41. The molecule has 0 radical (unpaired) electrons. The molecule has 0 saturated heterocycles. The summed E-state index contributed by atoms with van der Waals surface area (Å²) in [6.45, 7) is 6.78. The van der Waals surface area contributed by atoms with Gasteiger partial charge in [-0.3, -0.25) is 4.90 Å². The van der Waals surface area contributed by atoms with Crippen LogP contribution in [0.4, 0.5) is 0 Å². The van der Waals surface area contributed by atoms with E-state index in [-0.39, 0.29) is 6.04 Å². The van der Waals surface area contributed by atoms with Gasteiger partial charge in [0, 0.05) is 38.5 Å². The first kappa shape index (κ1) is 16.5. The van der Waals surface area contributed by atoms with Crippen LogP contribution in [0.25, 0.3) is 0 Å². The van der Waals surface area contributed by atoms with Gasteiger partial charge < -0.3 is 15.0 Å². The summed E-state index contributed by atoms with van der Waals surface area (Å²) in [5.41, 5.74) is 7.42. The van der Waals surface area contributed by atoms with Crippen LogP contribution in [0, 0.1) is 0 Å². The largest absolute Gasteiger partial charge is 0.383 e. The number of ether oxygens (including phenoxy) is 1. The number of nitrogens with two attached hydrogens (primary N) is 1. The van der Waals surface area contributed by atoms with Crippen molar-refractivity contribution in [2.24, 2.45) is 5.73 Å². The summed E-state index contributed by atoms with van der Waals surface area (Å²) in [5, 5.41) is 0. The normalized spacial score (nSPS) is 16.9. The summed E-state index contributed by atoms with van der Waals surface area (Å²) in [7, 11) is 1.76. The first-order valence-corrected chi connectivity index (χ1v) is 8.23. The number of hydrogen-bond acceptors (Lipinski definition) is 4. The molecule has 0 spiro atoms. The summed E-state index contributed by atoms with van der Waals surface area (Å²) in [5.74, 6) is 0. The van der Waals surface area contributed by atoms with Gasteiger partial charge in [0.15, 0.2) is 0 Å². The van der Waals surface area contributed by atoms with E-state index < -0.39 is 0 Å². The van der Waals surface area contributed by atoms with Gasteiger partial charge in [-0.2, -0.15) is 0 Å². The van der Waals surface area contributed by atoms with E-state index in [9.17, 15) is 0 Å². The van der Waals surface area contributed by atoms with Crippen LogP contribution in [0.3, 0.4) is 0 Å². The topological polar surface area (TPSA) is 56.3 Å². The monoisotopic (exact) mass is 294 g/mol. The Morgan fingerprint density at radius 3 is 2.67 bits per heavy atom. The SMILES string of the molecule is CCC(CC)N(CCOC)C(CN)c1cncn1C1CC1. The Hall–Kier alpha value is -0.910. The van der Waals surface area contributed by atoms with Crippen molar-refractivity contribution in [2.75, 3.05) is 26.8 Å². The number of rotatable bonds is 10. The van der Waals surface area contributed by atoms with Gasteiger partial charge in [0.2, 0.25) is 0 Å². The number of methoxy groups -OCH3 is 1. The van der Waals surface area contributed by atoms with Crippen LogP contribution < -0.4 is 5.73 Å². The van der Waals surface area contributed by atoms with Gasteiger partial charge in [0.25, 0.3) is 0 Å². The summed E-state index contributed by atoms with van der Waals surface area (Å²) < 4.78 is 7.64. The molecule has 1 fully saturated rings. The summed E-state index contributed by atoms with van der Waals surface area (Å²) in [4.78, 5) is 6.89. The van der Waals surface area contributed by atoms with Crippen LogP contribution in [0.15, 0.2) is 12.5 Å². The average molecular weight is 294 g/mol. The second kappa shape index (κ2) is 7.92. The van der Waals surface area contributed by atoms with E-state index in [1.807, 2.05) is 12.5 Å². The van der Waals surface area contributed by atoms with Crippen molar-refractivity contribution in [1.29, 1.82) is 0 Å². The van der Waals surface area contributed by atoms with Crippen molar-refractivity contribution >= 4 is 0 Å². The molecule has 1 aromatic heterocycles. The number of imidazole rings is 1. The second-order valence-electron chi connectivity index (χ2n) is 5.91. The third kappa shape index (κ3) is 3.84. The molecular formula is C16H30N4O. The van der Waals surface area contributed by atoms with Crippen molar-refractivity contribution < 1.29 is 4.74 Å². The van der Waals surface area contributed by atoms with Gasteiger partial charge in [-0.1, -0.05) is 13.8 Å². The van der Waals surface area contributed by atoms with Crippen molar-refractivity contribution in [2.45, 2.75) is 57.7 Å². The third-order valence-corrected chi connectivity index (χ3v) is 4.57. The van der Waals surface area contributed by atoms with Crippen molar-refractivity contribution in [3.05, 3.63) is 18.2 Å². The van der Waals surface area contributed by atoms with Gasteiger partial charge in [0.1, 0.15) is 0 Å². The Labute approximate surface area is 128 Å². The molecule has 5 heteroatoms. The molecule has 1 aliphatic carbocycles. The van der Waals surface area contributed by atoms with E-state index in [0.29, 0.717) is 18.6 Å². The molecule has 0 aromatic carbocycles. The standard InChI is InChI=1S/C16H30N4O/c1-4-13(5-2)19(8-9-21-3)15(10-17)16-11-18-12-20(16)14-6-7-14/h11-15H,4-10,17H2,1-3H3. The zero-order chi connectivity index (χ0) is 15.2. The molecule has 21 heavy (non-hydrogen) atoms. The van der Waals surface area contributed by atoms with Crippen LogP contribution in [-0.4, -0.2) is 47.3 Å². The smallest absolute Gasteiger partial charge is 0.0951 e. The minimum Gasteiger partial charge on any atom is -0.383 e. The van der Waals surface area contributed by atoms with Crippen molar-refractivity contribution in [1.82, 2.24) is 14.5 Å². The van der Waals surface area contributed by atoms with E-state index in [2.05, 4.69) is 28.3 Å². The Morgan fingerprint density at radius 2 is 2.14 bits per heavy atom. The quantitative estimate of drug-likeness (QED) is 0.720. The number of nitrogens with zero attached hydrogens (tertiary/aromatic N) is 3. The molecule has 120 valence electrons. The molecule has 1 heterocycles. The van der Waals surface area contributed by atoms with Crippen LogP contribution in [0.5, 0.6) is 0 Å².